The lowest BCUT2D eigenvalue weighted by atomic mass is 10.1. The molecule has 1 unspecified atom stereocenters. The Morgan fingerprint density at radius 1 is 1.26 bits per heavy atom. The fraction of sp³-hybridized carbons (Fsp3) is 0.360. The van der Waals surface area contributed by atoms with E-state index >= 15 is 0 Å². The Morgan fingerprint density at radius 2 is 2.05 bits per heavy atom. The van der Waals surface area contributed by atoms with E-state index < -0.39 is 30.2 Å². The van der Waals surface area contributed by atoms with Crippen molar-refractivity contribution < 1.29 is 32.2 Å². The van der Waals surface area contributed by atoms with Gasteiger partial charge in [-0.1, -0.05) is 12.1 Å². The number of ether oxygens (including phenoxy) is 1. The molecule has 0 spiro atoms. The van der Waals surface area contributed by atoms with E-state index in [1.54, 1.807) is 12.1 Å². The van der Waals surface area contributed by atoms with Gasteiger partial charge in [-0.05, 0) is 44.0 Å². The quantitative estimate of drug-likeness (QED) is 0.213. The molecule has 1 aliphatic heterocycles. The van der Waals surface area contributed by atoms with Crippen LogP contribution in [-0.2, 0) is 0 Å². The molecular weight excluding hydrogens is 508 g/mol. The predicted octanol–water partition coefficient (Wildman–Crippen LogP) is 4.95. The Kier molecular flexibility index (Phi) is 7.95. The molecule has 3 heterocycles. The van der Waals surface area contributed by atoms with E-state index in [-0.39, 0.29) is 37.0 Å². The summed E-state index contributed by atoms with van der Waals surface area (Å²) in [6.45, 7) is 3.67. The fourth-order valence-corrected chi connectivity index (χ4v) is 4.32. The van der Waals surface area contributed by atoms with Gasteiger partial charge in [-0.2, -0.15) is 18.3 Å². The molecule has 1 amide bonds. The van der Waals surface area contributed by atoms with Crippen molar-refractivity contribution >= 4 is 29.0 Å². The zero-order chi connectivity index (χ0) is 27.4. The van der Waals surface area contributed by atoms with Crippen molar-refractivity contribution in [2.24, 2.45) is 5.10 Å². The third-order valence-corrected chi connectivity index (χ3v) is 5.81. The van der Waals surface area contributed by atoms with Crippen molar-refractivity contribution in [2.45, 2.75) is 44.6 Å². The first-order valence-corrected chi connectivity index (χ1v) is 11.8. The maximum atomic E-state index is 13.9. The highest BCUT2D eigenvalue weighted by atomic mass is 19.4. The van der Waals surface area contributed by atoms with Crippen molar-refractivity contribution in [1.29, 1.82) is 0 Å². The minimum Gasteiger partial charge on any atom is -0.489 e. The number of carbonyl (C=O) groups is 1. The molecule has 0 bridgehead atoms. The van der Waals surface area contributed by atoms with Crippen molar-refractivity contribution in [3.8, 4) is 5.75 Å². The standard InChI is InChI=1S/C25H26F4N6O3/c1-14(2)38-20-10-17(26)9-15-3-5-18(32-22(15)20)12-31-34-21-6-4-16(11-30-21)23(25(27,28)29)35-8-7-19(13-35)33-24(36)37/h3-6,9-12,14,19,23,33H,7-8,13H2,1-2H3,(H,30,34)(H,36,37)/b31-12+/t19?,23-/m1/s1. The Morgan fingerprint density at radius 3 is 2.71 bits per heavy atom. The minimum absolute atomic E-state index is 0.0594. The molecule has 3 aromatic rings. The Labute approximate surface area is 215 Å². The molecular formula is C25H26F4N6O3. The number of nitrogens with zero attached hydrogens (tertiary/aromatic N) is 4. The maximum Gasteiger partial charge on any atom is 0.408 e. The average Bonchev–Trinajstić information content (AvgIpc) is 3.26. The number of alkyl halides is 3. The second-order valence-corrected chi connectivity index (χ2v) is 9.10. The number of hydrazone groups is 1. The zero-order valence-electron chi connectivity index (χ0n) is 20.5. The number of anilines is 1. The number of nitrogens with one attached hydrogen (secondary N) is 2. The summed E-state index contributed by atoms with van der Waals surface area (Å²) in [6, 6.07) is 6.12. The first-order valence-electron chi connectivity index (χ1n) is 11.8. The molecule has 13 heteroatoms. The lowest BCUT2D eigenvalue weighted by Crippen LogP contribution is -2.40. The molecule has 38 heavy (non-hydrogen) atoms. The molecule has 202 valence electrons. The number of hydrogen-bond acceptors (Lipinski definition) is 7. The maximum absolute atomic E-state index is 13.9. The molecule has 1 fully saturated rings. The fourth-order valence-electron chi connectivity index (χ4n) is 4.32. The smallest absolute Gasteiger partial charge is 0.408 e. The highest BCUT2D eigenvalue weighted by Crippen LogP contribution is 2.39. The molecule has 1 aromatic carbocycles. The van der Waals surface area contributed by atoms with Gasteiger partial charge >= 0.3 is 12.3 Å². The highest BCUT2D eigenvalue weighted by Gasteiger charge is 2.47. The van der Waals surface area contributed by atoms with Gasteiger partial charge in [0.25, 0.3) is 0 Å². The van der Waals surface area contributed by atoms with Crippen LogP contribution in [0.2, 0.25) is 0 Å². The second kappa shape index (κ2) is 11.2. The van der Waals surface area contributed by atoms with Gasteiger partial charge in [0.15, 0.2) is 0 Å². The molecule has 0 aliphatic carbocycles. The molecule has 3 N–H and O–H groups in total. The van der Waals surface area contributed by atoms with Crippen molar-refractivity contribution in [3.05, 3.63) is 59.7 Å². The molecule has 0 radical (unpaired) electrons. The number of carboxylic acid groups (broad SMARTS) is 1. The first kappa shape index (κ1) is 27.0. The van der Waals surface area contributed by atoms with E-state index in [1.165, 1.54) is 35.4 Å². The molecule has 9 nitrogen and oxygen atoms in total. The summed E-state index contributed by atoms with van der Waals surface area (Å²) < 4.78 is 61.2. The summed E-state index contributed by atoms with van der Waals surface area (Å²) in [7, 11) is 0. The molecule has 1 saturated heterocycles. The summed E-state index contributed by atoms with van der Waals surface area (Å²) in [5.74, 6) is 0.0731. The number of pyridine rings is 2. The summed E-state index contributed by atoms with van der Waals surface area (Å²) >= 11 is 0. The second-order valence-electron chi connectivity index (χ2n) is 9.10. The van der Waals surface area contributed by atoms with Crippen molar-refractivity contribution in [3.63, 3.8) is 0 Å². The van der Waals surface area contributed by atoms with Gasteiger partial charge < -0.3 is 15.2 Å². The molecule has 2 aromatic heterocycles. The van der Waals surface area contributed by atoms with Gasteiger partial charge in [0.2, 0.25) is 0 Å². The topological polar surface area (TPSA) is 112 Å². The van der Waals surface area contributed by atoms with Crippen LogP contribution in [0.1, 0.15) is 37.6 Å². The number of benzene rings is 1. The normalized spacial score (nSPS) is 17.3. The van der Waals surface area contributed by atoms with E-state index in [1.807, 2.05) is 13.8 Å². The zero-order valence-corrected chi connectivity index (χ0v) is 20.5. The SMILES string of the molecule is CC(C)Oc1cc(F)cc2ccc(/C=N/Nc3ccc([C@@H](N4CCC(NC(=O)O)C4)C(F)(F)F)cn3)nc12. The monoisotopic (exact) mass is 534 g/mol. The number of amides is 1. The highest BCUT2D eigenvalue weighted by molar-refractivity contribution is 5.89. The van der Waals surface area contributed by atoms with Crippen molar-refractivity contribution in [2.75, 3.05) is 18.5 Å². The summed E-state index contributed by atoms with van der Waals surface area (Å²) in [5.41, 5.74) is 3.50. The van der Waals surface area contributed by atoms with Crippen LogP contribution < -0.4 is 15.5 Å². The molecule has 0 saturated carbocycles. The lowest BCUT2D eigenvalue weighted by molar-refractivity contribution is -0.183. The van der Waals surface area contributed by atoms with Crippen LogP contribution in [0.15, 0.2) is 47.7 Å². The number of likely N-dealkylation sites (tertiary alicyclic amines) is 1. The third kappa shape index (κ3) is 6.65. The van der Waals surface area contributed by atoms with Gasteiger partial charge in [-0.15, -0.1) is 0 Å². The average molecular weight is 535 g/mol. The van der Waals surface area contributed by atoms with E-state index in [2.05, 4.69) is 25.8 Å². The van der Waals surface area contributed by atoms with Crippen LogP contribution in [-0.4, -0.2) is 63.7 Å². The Bertz CT molecular complexity index is 1320. The molecule has 2 atom stereocenters. The van der Waals surface area contributed by atoms with Crippen LogP contribution >= 0.6 is 0 Å². The largest absolute Gasteiger partial charge is 0.489 e. The Hall–Kier alpha value is -4.00. The number of halogens is 4. The number of aromatic nitrogens is 2. The summed E-state index contributed by atoms with van der Waals surface area (Å²) in [6.07, 6.45) is -3.23. The number of fused-ring (bicyclic) bond motifs is 1. The van der Waals surface area contributed by atoms with Gasteiger partial charge in [-0.3, -0.25) is 10.3 Å². The van der Waals surface area contributed by atoms with Crippen LogP contribution in [0.5, 0.6) is 5.75 Å². The van der Waals surface area contributed by atoms with E-state index in [4.69, 9.17) is 9.84 Å². The summed E-state index contributed by atoms with van der Waals surface area (Å²) in [4.78, 5) is 20.5. The first-order chi connectivity index (χ1) is 18.0. The third-order valence-electron chi connectivity index (χ3n) is 5.81. The van der Waals surface area contributed by atoms with Gasteiger partial charge in [0, 0.05) is 36.8 Å². The predicted molar refractivity (Wildman–Crippen MR) is 133 cm³/mol. The van der Waals surface area contributed by atoms with Crippen LogP contribution in [0.3, 0.4) is 0 Å². The van der Waals surface area contributed by atoms with Gasteiger partial charge in [-0.25, -0.2) is 19.2 Å². The Balaban J connectivity index is 1.46. The van der Waals surface area contributed by atoms with E-state index in [0.29, 0.717) is 22.3 Å². The van der Waals surface area contributed by atoms with E-state index in [0.717, 1.165) is 6.20 Å². The number of rotatable bonds is 8. The lowest BCUT2D eigenvalue weighted by Gasteiger charge is -2.30. The number of hydrogen-bond donors (Lipinski definition) is 3. The summed E-state index contributed by atoms with van der Waals surface area (Å²) in [5, 5.41) is 15.7. The minimum atomic E-state index is -4.57. The van der Waals surface area contributed by atoms with Gasteiger partial charge in [0.1, 0.15) is 28.9 Å². The van der Waals surface area contributed by atoms with E-state index in [9.17, 15) is 22.4 Å². The van der Waals surface area contributed by atoms with Gasteiger partial charge in [0.05, 0.1) is 18.0 Å². The van der Waals surface area contributed by atoms with Crippen LogP contribution in [0.4, 0.5) is 28.2 Å². The van der Waals surface area contributed by atoms with Crippen LogP contribution in [0.25, 0.3) is 10.9 Å². The van der Waals surface area contributed by atoms with Crippen LogP contribution in [0, 0.1) is 5.82 Å². The van der Waals surface area contributed by atoms with Crippen molar-refractivity contribution in [1.82, 2.24) is 20.2 Å². The molecule has 4 rings (SSSR count). The molecule has 1 aliphatic rings.